The smallest absolute Gasteiger partial charge is 0.308 e. The van der Waals surface area contributed by atoms with Gasteiger partial charge in [0.1, 0.15) is 5.40 Å². The van der Waals surface area contributed by atoms with Gasteiger partial charge in [-0.2, -0.15) is 5.26 Å². The average molecular weight is 278 g/mol. The van der Waals surface area contributed by atoms with E-state index in [1.807, 2.05) is 29.7 Å². The van der Waals surface area contributed by atoms with Gasteiger partial charge in [0, 0.05) is 23.7 Å². The predicted octanol–water partition coefficient (Wildman–Crippen LogP) is 3.20. The first-order valence-corrected chi connectivity index (χ1v) is 7.03. The maximum atomic E-state index is 10.9. The van der Waals surface area contributed by atoms with Gasteiger partial charge in [0.15, 0.2) is 0 Å². The minimum Gasteiger partial charge on any atom is -0.481 e. The van der Waals surface area contributed by atoms with Crippen LogP contribution in [0.15, 0.2) is 29.2 Å². The van der Waals surface area contributed by atoms with E-state index in [-0.39, 0.29) is 0 Å². The van der Waals surface area contributed by atoms with Gasteiger partial charge in [0.05, 0.1) is 5.92 Å². The summed E-state index contributed by atoms with van der Waals surface area (Å²) in [5, 5.41) is 19.6. The number of carboxylic acid groups (broad SMARTS) is 1. The number of nitriles is 1. The number of anilines is 1. The van der Waals surface area contributed by atoms with E-state index < -0.39 is 11.9 Å². The molecule has 0 saturated carbocycles. The zero-order chi connectivity index (χ0) is 14.3. The van der Waals surface area contributed by atoms with Gasteiger partial charge in [-0.15, -0.1) is 0 Å². The third-order valence-electron chi connectivity index (χ3n) is 2.77. The quantitative estimate of drug-likeness (QED) is 0.613. The van der Waals surface area contributed by atoms with Crippen molar-refractivity contribution in [2.75, 3.05) is 18.0 Å². The lowest BCUT2D eigenvalue weighted by Gasteiger charge is -2.26. The van der Waals surface area contributed by atoms with Crippen LogP contribution in [0.4, 0.5) is 5.69 Å². The van der Waals surface area contributed by atoms with E-state index in [4.69, 9.17) is 10.4 Å². The molecule has 0 heterocycles. The Bertz CT molecular complexity index is 454. The van der Waals surface area contributed by atoms with E-state index in [1.165, 1.54) is 0 Å². The van der Waals surface area contributed by atoms with Crippen LogP contribution in [0, 0.1) is 16.6 Å². The molecule has 0 bridgehead atoms. The molecule has 0 fully saturated rings. The number of benzene rings is 1. The molecule has 5 heteroatoms. The third kappa shape index (κ3) is 4.84. The molecule has 1 N–H and O–H groups in total. The average Bonchev–Trinajstić information content (AvgIpc) is 2.39. The Morgan fingerprint density at radius 1 is 1.47 bits per heavy atom. The third-order valence-corrected chi connectivity index (χ3v) is 3.37. The highest BCUT2D eigenvalue weighted by molar-refractivity contribution is 8.03. The largest absolute Gasteiger partial charge is 0.481 e. The number of carboxylic acids is 1. The molecule has 0 amide bonds. The summed E-state index contributed by atoms with van der Waals surface area (Å²) in [5.74, 6) is -1.18. The van der Waals surface area contributed by atoms with Crippen molar-refractivity contribution in [3.8, 4) is 5.40 Å². The number of carbonyl (C=O) groups is 1. The van der Waals surface area contributed by atoms with Crippen LogP contribution in [0.1, 0.15) is 20.3 Å². The van der Waals surface area contributed by atoms with Crippen molar-refractivity contribution >= 4 is 23.4 Å². The molecule has 1 aromatic rings. The van der Waals surface area contributed by atoms with Crippen molar-refractivity contribution in [3.05, 3.63) is 24.3 Å². The number of thioether (sulfide) groups is 1. The van der Waals surface area contributed by atoms with Crippen molar-refractivity contribution in [2.24, 2.45) is 5.92 Å². The number of hydrogen-bond donors (Lipinski definition) is 1. The summed E-state index contributed by atoms with van der Waals surface area (Å²) in [6, 6.07) is 7.64. The Hall–Kier alpha value is -1.67. The second-order valence-corrected chi connectivity index (χ2v) is 5.23. The van der Waals surface area contributed by atoms with Gasteiger partial charge in [-0.1, -0.05) is 13.8 Å². The SMILES string of the molecule is CCCN(CC(C)C(=O)O)c1ccc(SC#N)cc1. The second-order valence-electron chi connectivity index (χ2n) is 4.37. The summed E-state index contributed by atoms with van der Waals surface area (Å²) in [6.45, 7) is 5.10. The molecule has 1 aromatic carbocycles. The van der Waals surface area contributed by atoms with Gasteiger partial charge in [-0.05, 0) is 42.4 Å². The standard InChI is InChI=1S/C14H18N2O2S/c1-3-8-16(9-11(2)14(17)18)12-4-6-13(7-5-12)19-10-15/h4-7,11H,3,8-9H2,1-2H3,(H,17,18). The maximum Gasteiger partial charge on any atom is 0.308 e. The highest BCUT2D eigenvalue weighted by Gasteiger charge is 2.16. The van der Waals surface area contributed by atoms with Crippen molar-refractivity contribution in [2.45, 2.75) is 25.2 Å². The van der Waals surface area contributed by atoms with E-state index in [0.29, 0.717) is 6.54 Å². The number of hydrogen-bond acceptors (Lipinski definition) is 4. The summed E-state index contributed by atoms with van der Waals surface area (Å²) in [5.41, 5.74) is 0.997. The minimum absolute atomic E-state index is 0.403. The highest BCUT2D eigenvalue weighted by atomic mass is 32.2. The second kappa shape index (κ2) is 7.70. The van der Waals surface area contributed by atoms with Gasteiger partial charge >= 0.3 is 5.97 Å². The van der Waals surface area contributed by atoms with E-state index in [1.54, 1.807) is 6.92 Å². The first kappa shape index (κ1) is 15.4. The van der Waals surface area contributed by atoms with Crippen LogP contribution in [0.5, 0.6) is 0 Å². The molecule has 1 unspecified atom stereocenters. The van der Waals surface area contributed by atoms with E-state index in [9.17, 15) is 4.79 Å². The molecule has 0 aromatic heterocycles. The summed E-state index contributed by atoms with van der Waals surface area (Å²) in [6.07, 6.45) is 0.959. The van der Waals surface area contributed by atoms with Crippen LogP contribution < -0.4 is 4.90 Å². The minimum atomic E-state index is -0.780. The molecular formula is C14H18N2O2S. The van der Waals surface area contributed by atoms with E-state index in [2.05, 4.69) is 11.8 Å². The van der Waals surface area contributed by atoms with Gasteiger partial charge in [0.25, 0.3) is 0 Å². The van der Waals surface area contributed by atoms with E-state index in [0.717, 1.165) is 35.3 Å². The lowest BCUT2D eigenvalue weighted by molar-refractivity contribution is -0.140. The van der Waals surface area contributed by atoms with Crippen molar-refractivity contribution in [1.82, 2.24) is 0 Å². The summed E-state index contributed by atoms with van der Waals surface area (Å²) < 4.78 is 0. The Morgan fingerprint density at radius 2 is 2.11 bits per heavy atom. The zero-order valence-electron chi connectivity index (χ0n) is 11.2. The van der Waals surface area contributed by atoms with Crippen LogP contribution in [0.3, 0.4) is 0 Å². The van der Waals surface area contributed by atoms with Crippen LogP contribution in [0.25, 0.3) is 0 Å². The molecule has 4 nitrogen and oxygen atoms in total. The fraction of sp³-hybridized carbons (Fsp3) is 0.429. The number of rotatable bonds is 7. The first-order chi connectivity index (χ1) is 9.08. The van der Waals surface area contributed by atoms with Crippen LogP contribution in [-0.2, 0) is 4.79 Å². The Kier molecular flexibility index (Phi) is 6.23. The van der Waals surface area contributed by atoms with Gasteiger partial charge in [0.2, 0.25) is 0 Å². The van der Waals surface area contributed by atoms with Gasteiger partial charge in [-0.3, -0.25) is 4.79 Å². The van der Waals surface area contributed by atoms with Crippen LogP contribution >= 0.6 is 11.8 Å². The lowest BCUT2D eigenvalue weighted by atomic mass is 10.1. The number of thiocyanates is 1. The topological polar surface area (TPSA) is 64.3 Å². The molecule has 0 radical (unpaired) electrons. The van der Waals surface area contributed by atoms with Gasteiger partial charge < -0.3 is 10.0 Å². The zero-order valence-corrected chi connectivity index (χ0v) is 12.0. The van der Waals surface area contributed by atoms with Crippen molar-refractivity contribution in [3.63, 3.8) is 0 Å². The Balaban J connectivity index is 2.80. The molecule has 0 aliphatic heterocycles. The van der Waals surface area contributed by atoms with Crippen molar-refractivity contribution < 1.29 is 9.90 Å². The van der Waals surface area contributed by atoms with Crippen LogP contribution in [-0.4, -0.2) is 24.2 Å². The normalized spacial score (nSPS) is 11.6. The molecule has 0 spiro atoms. The molecule has 19 heavy (non-hydrogen) atoms. The molecule has 102 valence electrons. The number of aliphatic carboxylic acids is 1. The summed E-state index contributed by atoms with van der Waals surface area (Å²) >= 11 is 1.12. The van der Waals surface area contributed by atoms with Gasteiger partial charge in [-0.25, -0.2) is 0 Å². The molecule has 1 rings (SSSR count). The maximum absolute atomic E-state index is 10.9. The summed E-state index contributed by atoms with van der Waals surface area (Å²) in [7, 11) is 0. The molecule has 1 atom stereocenters. The first-order valence-electron chi connectivity index (χ1n) is 6.22. The fourth-order valence-corrected chi connectivity index (χ4v) is 2.16. The Labute approximate surface area is 118 Å². The van der Waals surface area contributed by atoms with Crippen molar-refractivity contribution in [1.29, 1.82) is 5.26 Å². The summed E-state index contributed by atoms with van der Waals surface area (Å²) in [4.78, 5) is 13.9. The fourth-order valence-electron chi connectivity index (χ4n) is 1.78. The van der Waals surface area contributed by atoms with Crippen LogP contribution in [0.2, 0.25) is 0 Å². The molecule has 0 saturated heterocycles. The monoisotopic (exact) mass is 278 g/mol. The number of nitrogens with zero attached hydrogens (tertiary/aromatic N) is 2. The Morgan fingerprint density at radius 3 is 2.58 bits per heavy atom. The van der Waals surface area contributed by atoms with E-state index >= 15 is 0 Å². The predicted molar refractivity (Wildman–Crippen MR) is 77.2 cm³/mol. The molecular weight excluding hydrogens is 260 g/mol. The molecule has 0 aliphatic carbocycles. The lowest BCUT2D eigenvalue weighted by Crippen LogP contribution is -2.32. The molecule has 0 aliphatic rings. The highest BCUT2D eigenvalue weighted by Crippen LogP contribution is 2.22.